The molecule has 0 spiro atoms. The predicted molar refractivity (Wildman–Crippen MR) is 94.4 cm³/mol. The first-order valence-electron chi connectivity index (χ1n) is 8.59. The number of aromatic nitrogens is 5. The molecule has 0 aliphatic rings. The third kappa shape index (κ3) is 3.48. The Balaban J connectivity index is 1.74. The van der Waals surface area contributed by atoms with Crippen LogP contribution in [0.1, 0.15) is 18.2 Å². The normalized spacial score (nSPS) is 11.8. The SMILES string of the molecule is CCc1c(-c2nc(-c3cccc(C(F)(F)F)c3)no2)nnn1-c1ccccc1F. The Hall–Kier alpha value is -3.56. The Bertz CT molecular complexity index is 1170. The maximum atomic E-state index is 14.1. The van der Waals surface area contributed by atoms with E-state index < -0.39 is 17.6 Å². The van der Waals surface area contributed by atoms with Crippen molar-refractivity contribution < 1.29 is 22.1 Å². The van der Waals surface area contributed by atoms with Gasteiger partial charge in [0.25, 0.3) is 5.89 Å². The maximum absolute atomic E-state index is 14.1. The zero-order valence-electron chi connectivity index (χ0n) is 15.0. The molecule has 0 bridgehead atoms. The van der Waals surface area contributed by atoms with Gasteiger partial charge in [-0.1, -0.05) is 41.6 Å². The van der Waals surface area contributed by atoms with Gasteiger partial charge in [0.1, 0.15) is 11.5 Å². The van der Waals surface area contributed by atoms with E-state index in [0.717, 1.165) is 12.1 Å². The van der Waals surface area contributed by atoms with E-state index in [2.05, 4.69) is 20.5 Å². The fourth-order valence-electron chi connectivity index (χ4n) is 2.87. The van der Waals surface area contributed by atoms with Crippen LogP contribution in [0.5, 0.6) is 0 Å². The van der Waals surface area contributed by atoms with Gasteiger partial charge in [-0.3, -0.25) is 0 Å². The summed E-state index contributed by atoms with van der Waals surface area (Å²) in [6.07, 6.45) is -4.06. The van der Waals surface area contributed by atoms with Crippen molar-refractivity contribution in [3.63, 3.8) is 0 Å². The molecule has 4 rings (SSSR count). The van der Waals surface area contributed by atoms with Crippen LogP contribution in [0.3, 0.4) is 0 Å². The van der Waals surface area contributed by atoms with E-state index >= 15 is 0 Å². The summed E-state index contributed by atoms with van der Waals surface area (Å²) in [5.41, 5.74) is 0.298. The van der Waals surface area contributed by atoms with Crippen LogP contribution in [0.15, 0.2) is 53.1 Å². The number of rotatable bonds is 4. The largest absolute Gasteiger partial charge is 0.416 e. The second-order valence-electron chi connectivity index (χ2n) is 6.10. The number of alkyl halides is 3. The topological polar surface area (TPSA) is 69.6 Å². The minimum Gasteiger partial charge on any atom is -0.332 e. The number of halogens is 4. The molecular formula is C19H13F4N5O. The van der Waals surface area contributed by atoms with Crippen molar-refractivity contribution in [2.45, 2.75) is 19.5 Å². The zero-order valence-corrected chi connectivity index (χ0v) is 15.0. The molecule has 0 amide bonds. The van der Waals surface area contributed by atoms with Crippen LogP contribution in [0.4, 0.5) is 17.6 Å². The van der Waals surface area contributed by atoms with Gasteiger partial charge in [0.15, 0.2) is 5.69 Å². The lowest BCUT2D eigenvalue weighted by molar-refractivity contribution is -0.137. The summed E-state index contributed by atoms with van der Waals surface area (Å²) in [7, 11) is 0. The van der Waals surface area contributed by atoms with Gasteiger partial charge in [-0.15, -0.1) is 5.10 Å². The summed E-state index contributed by atoms with van der Waals surface area (Å²) in [6, 6.07) is 10.7. The molecule has 10 heteroatoms. The lowest BCUT2D eigenvalue weighted by atomic mass is 10.1. The number of nitrogens with zero attached hydrogens (tertiary/aromatic N) is 5. The molecule has 0 aliphatic heterocycles. The Morgan fingerprint density at radius 1 is 1.07 bits per heavy atom. The van der Waals surface area contributed by atoms with Gasteiger partial charge in [0.05, 0.1) is 11.3 Å². The monoisotopic (exact) mass is 403 g/mol. The van der Waals surface area contributed by atoms with E-state index in [-0.39, 0.29) is 28.7 Å². The van der Waals surface area contributed by atoms with Gasteiger partial charge >= 0.3 is 6.18 Å². The molecule has 148 valence electrons. The summed E-state index contributed by atoms with van der Waals surface area (Å²) in [5, 5.41) is 11.7. The smallest absolute Gasteiger partial charge is 0.332 e. The van der Waals surface area contributed by atoms with Gasteiger partial charge in [-0.05, 0) is 30.7 Å². The molecule has 0 unspecified atom stereocenters. The highest BCUT2D eigenvalue weighted by atomic mass is 19.4. The van der Waals surface area contributed by atoms with E-state index in [4.69, 9.17) is 4.52 Å². The lowest BCUT2D eigenvalue weighted by Crippen LogP contribution is -2.04. The van der Waals surface area contributed by atoms with Crippen LogP contribution < -0.4 is 0 Å². The van der Waals surface area contributed by atoms with Crippen LogP contribution in [-0.4, -0.2) is 25.1 Å². The molecule has 0 fully saturated rings. The predicted octanol–water partition coefficient (Wildman–Crippen LogP) is 4.70. The molecule has 0 aliphatic carbocycles. The molecule has 4 aromatic rings. The van der Waals surface area contributed by atoms with Gasteiger partial charge in [-0.25, -0.2) is 9.07 Å². The van der Waals surface area contributed by atoms with Crippen molar-refractivity contribution in [2.24, 2.45) is 0 Å². The number of para-hydroxylation sites is 1. The molecule has 0 saturated carbocycles. The molecule has 0 radical (unpaired) electrons. The number of benzene rings is 2. The maximum Gasteiger partial charge on any atom is 0.416 e. The van der Waals surface area contributed by atoms with Crippen molar-refractivity contribution in [2.75, 3.05) is 0 Å². The Morgan fingerprint density at radius 2 is 1.86 bits per heavy atom. The molecule has 29 heavy (non-hydrogen) atoms. The van der Waals surface area contributed by atoms with Crippen LogP contribution >= 0.6 is 0 Å². The van der Waals surface area contributed by atoms with Gasteiger partial charge in [0.2, 0.25) is 5.82 Å². The quantitative estimate of drug-likeness (QED) is 0.462. The van der Waals surface area contributed by atoms with E-state index in [9.17, 15) is 17.6 Å². The third-order valence-corrected chi connectivity index (χ3v) is 4.26. The van der Waals surface area contributed by atoms with Crippen molar-refractivity contribution in [1.29, 1.82) is 0 Å². The van der Waals surface area contributed by atoms with Crippen LogP contribution in [0.2, 0.25) is 0 Å². The molecule has 0 saturated heterocycles. The standard InChI is InChI=1S/C19H13F4N5O/c1-2-14-16(25-27-28(14)15-9-4-3-8-13(15)20)18-24-17(26-29-18)11-6-5-7-12(10-11)19(21,22)23/h3-10H,2H2,1H3. The van der Waals surface area contributed by atoms with E-state index in [0.29, 0.717) is 12.1 Å². The highest BCUT2D eigenvalue weighted by Gasteiger charge is 2.31. The second-order valence-corrected chi connectivity index (χ2v) is 6.10. The first kappa shape index (κ1) is 18.8. The Morgan fingerprint density at radius 3 is 2.59 bits per heavy atom. The average molecular weight is 403 g/mol. The fraction of sp³-hybridized carbons (Fsp3) is 0.158. The van der Waals surface area contributed by atoms with Crippen LogP contribution in [0.25, 0.3) is 28.7 Å². The fourth-order valence-corrected chi connectivity index (χ4v) is 2.87. The van der Waals surface area contributed by atoms with E-state index in [1.807, 2.05) is 6.92 Å². The van der Waals surface area contributed by atoms with E-state index in [1.165, 1.54) is 22.9 Å². The van der Waals surface area contributed by atoms with Gasteiger partial charge in [0, 0.05) is 5.56 Å². The summed E-state index contributed by atoms with van der Waals surface area (Å²) >= 11 is 0. The van der Waals surface area contributed by atoms with Crippen LogP contribution in [-0.2, 0) is 12.6 Å². The van der Waals surface area contributed by atoms with Crippen molar-refractivity contribution in [1.82, 2.24) is 25.1 Å². The molecule has 2 heterocycles. The Labute approximate surface area is 161 Å². The van der Waals surface area contributed by atoms with Crippen molar-refractivity contribution >= 4 is 0 Å². The Kier molecular flexibility index (Phi) is 4.61. The summed E-state index contributed by atoms with van der Waals surface area (Å²) < 4.78 is 59.5. The van der Waals surface area contributed by atoms with Gasteiger partial charge in [-0.2, -0.15) is 18.2 Å². The summed E-state index contributed by atoms with van der Waals surface area (Å²) in [6.45, 7) is 1.82. The third-order valence-electron chi connectivity index (χ3n) is 4.26. The van der Waals surface area contributed by atoms with Crippen LogP contribution in [0, 0.1) is 5.82 Å². The highest BCUT2D eigenvalue weighted by molar-refractivity contribution is 5.60. The molecule has 0 N–H and O–H groups in total. The lowest BCUT2D eigenvalue weighted by Gasteiger charge is -2.06. The molecule has 6 nitrogen and oxygen atoms in total. The first-order chi connectivity index (χ1) is 13.9. The molecular weight excluding hydrogens is 390 g/mol. The van der Waals surface area contributed by atoms with Gasteiger partial charge < -0.3 is 4.52 Å². The average Bonchev–Trinajstić information content (AvgIpc) is 3.34. The number of hydrogen-bond donors (Lipinski definition) is 0. The number of hydrogen-bond acceptors (Lipinski definition) is 5. The molecule has 0 atom stereocenters. The summed E-state index contributed by atoms with van der Waals surface area (Å²) in [5.74, 6) is -0.515. The van der Waals surface area contributed by atoms with E-state index in [1.54, 1.807) is 18.2 Å². The summed E-state index contributed by atoms with van der Waals surface area (Å²) in [4.78, 5) is 4.16. The highest BCUT2D eigenvalue weighted by Crippen LogP contribution is 2.32. The first-order valence-corrected chi connectivity index (χ1v) is 8.59. The minimum atomic E-state index is -4.49. The zero-order chi connectivity index (χ0) is 20.6. The second kappa shape index (κ2) is 7.12. The molecule has 2 aromatic heterocycles. The minimum absolute atomic E-state index is 0.0168. The van der Waals surface area contributed by atoms with Crippen molar-refractivity contribution in [3.8, 4) is 28.7 Å². The van der Waals surface area contributed by atoms with Crippen molar-refractivity contribution in [3.05, 3.63) is 65.6 Å². The molecule has 2 aromatic carbocycles.